The molecule has 2 N–H and O–H groups in total. The van der Waals surface area contributed by atoms with Crippen LogP contribution in [0.25, 0.3) is 16.9 Å². The third-order valence-corrected chi connectivity index (χ3v) is 6.59. The van der Waals surface area contributed by atoms with E-state index < -0.39 is 17.4 Å². The first-order chi connectivity index (χ1) is 17.4. The molecule has 5 rings (SSSR count). The highest BCUT2D eigenvalue weighted by Crippen LogP contribution is 2.39. The van der Waals surface area contributed by atoms with Gasteiger partial charge in [0.2, 0.25) is 0 Å². The van der Waals surface area contributed by atoms with Gasteiger partial charge >= 0.3 is 5.97 Å². The van der Waals surface area contributed by atoms with Crippen molar-refractivity contribution in [3.8, 4) is 17.0 Å². The van der Waals surface area contributed by atoms with E-state index in [-0.39, 0.29) is 6.42 Å². The summed E-state index contributed by atoms with van der Waals surface area (Å²) in [6.45, 7) is 11.4. The van der Waals surface area contributed by atoms with Gasteiger partial charge in [-0.3, -0.25) is 4.79 Å². The smallest absolute Gasteiger partial charge is 0.307 e. The van der Waals surface area contributed by atoms with Crippen molar-refractivity contribution in [3.63, 3.8) is 0 Å². The summed E-state index contributed by atoms with van der Waals surface area (Å²) in [5, 5.41) is 23.0. The molecule has 0 unspecified atom stereocenters. The molecular formula is C28H37FN4O4. The fraction of sp³-hybridized carbons (Fsp3) is 0.536. The molecule has 2 aliphatic rings. The fourth-order valence-corrected chi connectivity index (χ4v) is 4.96. The molecule has 200 valence electrons. The quantitative estimate of drug-likeness (QED) is 0.514. The second-order valence-corrected chi connectivity index (χ2v) is 10.9. The average molecular weight is 513 g/mol. The van der Waals surface area contributed by atoms with Crippen LogP contribution in [-0.4, -0.2) is 56.1 Å². The monoisotopic (exact) mass is 512 g/mol. The van der Waals surface area contributed by atoms with Crippen LogP contribution in [-0.2, 0) is 17.6 Å². The number of carboxylic acid groups (broad SMARTS) is 1. The van der Waals surface area contributed by atoms with Gasteiger partial charge in [0.15, 0.2) is 23.0 Å². The molecule has 1 saturated heterocycles. The van der Waals surface area contributed by atoms with Crippen LogP contribution < -0.4 is 9.64 Å². The van der Waals surface area contributed by atoms with Crippen LogP contribution in [0.5, 0.6) is 5.75 Å². The lowest BCUT2D eigenvalue weighted by Gasteiger charge is -2.26. The summed E-state index contributed by atoms with van der Waals surface area (Å²) < 4.78 is 22.4. The van der Waals surface area contributed by atoms with Crippen molar-refractivity contribution in [2.45, 2.75) is 78.7 Å². The minimum absolute atomic E-state index is 0.211. The van der Waals surface area contributed by atoms with Crippen molar-refractivity contribution >= 4 is 17.4 Å². The Kier molecular flexibility index (Phi) is 7.73. The zero-order valence-corrected chi connectivity index (χ0v) is 22.4. The van der Waals surface area contributed by atoms with Gasteiger partial charge in [-0.05, 0) is 78.4 Å². The van der Waals surface area contributed by atoms with Gasteiger partial charge in [0.25, 0.3) is 0 Å². The Morgan fingerprint density at radius 3 is 2.46 bits per heavy atom. The molecule has 9 heteroatoms. The number of piperidine rings is 1. The number of aliphatic carboxylic acids is 1. The molecule has 2 aliphatic heterocycles. The molecule has 0 amide bonds. The van der Waals surface area contributed by atoms with Crippen molar-refractivity contribution in [1.82, 2.24) is 14.6 Å². The molecule has 1 aromatic carbocycles. The average Bonchev–Trinajstić information content (AvgIpc) is 3.25. The first-order valence-corrected chi connectivity index (χ1v) is 13.0. The summed E-state index contributed by atoms with van der Waals surface area (Å²) in [6.07, 6.45) is 4.79. The van der Waals surface area contributed by atoms with E-state index in [1.807, 2.05) is 19.9 Å². The van der Waals surface area contributed by atoms with E-state index in [0.717, 1.165) is 55.7 Å². The molecule has 0 aliphatic carbocycles. The van der Waals surface area contributed by atoms with E-state index in [4.69, 9.17) is 14.9 Å². The maximum absolute atomic E-state index is 15.1. The van der Waals surface area contributed by atoms with E-state index in [1.54, 1.807) is 25.3 Å². The number of halogens is 1. The van der Waals surface area contributed by atoms with Crippen molar-refractivity contribution < 1.29 is 24.1 Å². The highest BCUT2D eigenvalue weighted by molar-refractivity contribution is 5.79. The number of benzene rings is 1. The molecule has 0 radical (unpaired) electrons. The number of carboxylic acids is 1. The topological polar surface area (TPSA) is 100 Å². The van der Waals surface area contributed by atoms with Gasteiger partial charge in [-0.2, -0.15) is 0 Å². The van der Waals surface area contributed by atoms with Crippen molar-refractivity contribution in [1.29, 1.82) is 0 Å². The third kappa shape index (κ3) is 6.04. The van der Waals surface area contributed by atoms with Crippen molar-refractivity contribution in [2.24, 2.45) is 0 Å². The third-order valence-electron chi connectivity index (χ3n) is 6.59. The highest BCUT2D eigenvalue weighted by atomic mass is 19.1. The van der Waals surface area contributed by atoms with Gasteiger partial charge in [0.1, 0.15) is 0 Å². The minimum Gasteiger partial charge on any atom is -0.490 e. The number of fused-ring (bicyclic) bond motifs is 2. The van der Waals surface area contributed by atoms with Crippen molar-refractivity contribution in [3.05, 3.63) is 40.3 Å². The Balaban J connectivity index is 0.000000586. The summed E-state index contributed by atoms with van der Waals surface area (Å²) >= 11 is 0. The van der Waals surface area contributed by atoms with Crippen LogP contribution in [0, 0.1) is 19.7 Å². The van der Waals surface area contributed by atoms with Crippen LogP contribution >= 0.6 is 0 Å². The Hall–Kier alpha value is -3.20. The van der Waals surface area contributed by atoms with E-state index >= 15 is 4.39 Å². The van der Waals surface area contributed by atoms with Crippen LogP contribution in [0.3, 0.4) is 0 Å². The number of rotatable bonds is 4. The molecule has 1 fully saturated rings. The fourth-order valence-electron chi connectivity index (χ4n) is 4.96. The molecule has 2 aromatic heterocycles. The van der Waals surface area contributed by atoms with E-state index in [1.165, 1.54) is 12.5 Å². The standard InChI is InChI=1S/C24H27FN4O3.C4H10O/c1-14-16-7-6-10-32-24(16)19(25)11-17(14)23-18(12-22(30)31)15(2)26-20-13-21(27-29(20)23)28-8-4-3-5-9-28;1-4(2,3)5/h11,13H,3-10,12H2,1-2H3,(H,30,31);5H,1-3H3. The lowest BCUT2D eigenvalue weighted by Crippen LogP contribution is -2.29. The predicted molar refractivity (Wildman–Crippen MR) is 141 cm³/mol. The summed E-state index contributed by atoms with van der Waals surface area (Å²) in [5.74, 6) is -0.246. The molecule has 37 heavy (non-hydrogen) atoms. The molecule has 0 atom stereocenters. The van der Waals surface area contributed by atoms with Crippen molar-refractivity contribution in [2.75, 3.05) is 24.6 Å². The number of nitrogens with zero attached hydrogens (tertiary/aromatic N) is 4. The highest BCUT2D eigenvalue weighted by Gasteiger charge is 2.26. The number of ether oxygens (including phenoxy) is 1. The van der Waals surface area contributed by atoms with E-state index in [2.05, 4.69) is 9.88 Å². The van der Waals surface area contributed by atoms with Crippen LogP contribution in [0.1, 0.15) is 68.8 Å². The van der Waals surface area contributed by atoms with Gasteiger partial charge in [-0.1, -0.05) is 0 Å². The van der Waals surface area contributed by atoms with Gasteiger partial charge in [0, 0.05) is 41.5 Å². The first kappa shape index (κ1) is 26.9. The maximum atomic E-state index is 15.1. The number of hydrogen-bond donors (Lipinski definition) is 2. The Bertz CT molecular complexity index is 1300. The Morgan fingerprint density at radius 1 is 1.14 bits per heavy atom. The number of anilines is 1. The number of aromatic nitrogens is 3. The zero-order valence-electron chi connectivity index (χ0n) is 22.4. The molecule has 0 bridgehead atoms. The summed E-state index contributed by atoms with van der Waals surface area (Å²) in [4.78, 5) is 18.6. The molecule has 4 heterocycles. The lowest BCUT2D eigenvalue weighted by atomic mass is 9.91. The van der Waals surface area contributed by atoms with Gasteiger partial charge < -0.3 is 19.8 Å². The molecule has 3 aromatic rings. The molecule has 0 spiro atoms. The minimum atomic E-state index is -0.960. The SMILES string of the molecule is CC(C)(C)O.Cc1nc2cc(N3CCCCC3)nn2c(-c2cc(F)c3c(c2C)CCCO3)c1CC(=O)O. The maximum Gasteiger partial charge on any atom is 0.307 e. The Labute approximate surface area is 217 Å². The summed E-state index contributed by atoms with van der Waals surface area (Å²) in [6, 6.07) is 3.40. The second kappa shape index (κ2) is 10.7. The number of carbonyl (C=O) groups is 1. The van der Waals surface area contributed by atoms with Crippen LogP contribution in [0.2, 0.25) is 0 Å². The number of aliphatic hydroxyl groups is 1. The lowest BCUT2D eigenvalue weighted by molar-refractivity contribution is -0.136. The summed E-state index contributed by atoms with van der Waals surface area (Å²) in [7, 11) is 0. The number of aryl methyl sites for hydroxylation is 1. The second-order valence-electron chi connectivity index (χ2n) is 10.9. The summed E-state index contributed by atoms with van der Waals surface area (Å²) in [5.41, 5.74) is 4.30. The van der Waals surface area contributed by atoms with Gasteiger partial charge in [0.05, 0.1) is 24.3 Å². The van der Waals surface area contributed by atoms with Gasteiger partial charge in [-0.15, -0.1) is 5.10 Å². The molecule has 0 saturated carbocycles. The normalized spacial score (nSPS) is 15.6. The molecular weight excluding hydrogens is 475 g/mol. The Morgan fingerprint density at radius 2 is 1.81 bits per heavy atom. The van der Waals surface area contributed by atoms with E-state index in [0.29, 0.717) is 40.5 Å². The van der Waals surface area contributed by atoms with Crippen LogP contribution in [0.15, 0.2) is 12.1 Å². The van der Waals surface area contributed by atoms with E-state index in [9.17, 15) is 9.90 Å². The van der Waals surface area contributed by atoms with Crippen LogP contribution in [0.4, 0.5) is 10.2 Å². The molecule has 8 nitrogen and oxygen atoms in total. The van der Waals surface area contributed by atoms with Gasteiger partial charge in [-0.25, -0.2) is 13.9 Å². The predicted octanol–water partition coefficient (Wildman–Crippen LogP) is 4.87. The number of hydrogen-bond acceptors (Lipinski definition) is 6. The zero-order chi connectivity index (χ0) is 26.9. The largest absolute Gasteiger partial charge is 0.490 e. The first-order valence-electron chi connectivity index (χ1n) is 13.0.